The maximum absolute atomic E-state index is 12.6. The Balaban J connectivity index is 1.78. The predicted molar refractivity (Wildman–Crippen MR) is 74.1 cm³/mol. The molecule has 2 fully saturated rings. The highest BCUT2D eigenvalue weighted by Crippen LogP contribution is 2.34. The van der Waals surface area contributed by atoms with Crippen molar-refractivity contribution in [2.45, 2.75) is 44.2 Å². The minimum Gasteiger partial charge on any atom is -0.323 e. The summed E-state index contributed by atoms with van der Waals surface area (Å²) < 4.78 is 0. The minimum atomic E-state index is -0.658. The summed E-state index contributed by atoms with van der Waals surface area (Å²) in [4.78, 5) is 29.9. The van der Waals surface area contributed by atoms with Crippen LogP contribution in [0.25, 0.3) is 0 Å². The van der Waals surface area contributed by atoms with Crippen molar-refractivity contribution in [2.75, 3.05) is 0 Å². The normalized spacial score (nSPS) is 21.4. The lowest BCUT2D eigenvalue weighted by Crippen LogP contribution is -2.48. The highest BCUT2D eigenvalue weighted by atomic mass is 35.5. The molecule has 2 heterocycles. The topological polar surface area (TPSA) is 62.3 Å². The van der Waals surface area contributed by atoms with Gasteiger partial charge in [-0.15, -0.1) is 0 Å². The van der Waals surface area contributed by atoms with Crippen molar-refractivity contribution < 1.29 is 9.59 Å². The summed E-state index contributed by atoms with van der Waals surface area (Å²) in [5, 5.41) is 3.29. The van der Waals surface area contributed by atoms with Crippen LogP contribution in [-0.4, -0.2) is 27.4 Å². The Bertz CT molecular complexity index is 538. The third-order valence-electron chi connectivity index (χ3n) is 4.08. The first-order chi connectivity index (χ1) is 9.61. The number of carbonyl (C=O) groups excluding carboxylic acids is 2. The Kier molecular flexibility index (Phi) is 3.38. The van der Waals surface area contributed by atoms with Crippen molar-refractivity contribution in [1.82, 2.24) is 15.2 Å². The van der Waals surface area contributed by atoms with Crippen LogP contribution in [-0.2, 0) is 11.3 Å². The molecule has 3 amide bonds. The molecule has 106 valence electrons. The van der Waals surface area contributed by atoms with E-state index in [4.69, 9.17) is 11.6 Å². The molecule has 5 nitrogen and oxygen atoms in total. The number of halogens is 1. The van der Waals surface area contributed by atoms with Gasteiger partial charge >= 0.3 is 6.03 Å². The van der Waals surface area contributed by atoms with Crippen molar-refractivity contribution in [1.29, 1.82) is 0 Å². The van der Waals surface area contributed by atoms with Crippen molar-refractivity contribution >= 4 is 23.5 Å². The number of urea groups is 1. The van der Waals surface area contributed by atoms with Crippen molar-refractivity contribution in [3.8, 4) is 0 Å². The molecule has 1 saturated carbocycles. The van der Waals surface area contributed by atoms with Crippen LogP contribution in [0.15, 0.2) is 18.3 Å². The van der Waals surface area contributed by atoms with Crippen LogP contribution >= 0.6 is 11.6 Å². The van der Waals surface area contributed by atoms with Gasteiger partial charge in [-0.2, -0.15) is 0 Å². The summed E-state index contributed by atoms with van der Waals surface area (Å²) in [6, 6.07) is 3.14. The molecule has 1 saturated heterocycles. The summed E-state index contributed by atoms with van der Waals surface area (Å²) in [7, 11) is 0. The quantitative estimate of drug-likeness (QED) is 0.673. The van der Waals surface area contributed by atoms with E-state index in [2.05, 4.69) is 10.3 Å². The van der Waals surface area contributed by atoms with Gasteiger partial charge in [0, 0.05) is 6.20 Å². The standard InChI is InChI=1S/C14H16ClN3O2/c15-11-5-4-10(8-16-11)9-18-12(19)14(17-13(18)20)6-2-1-3-7-14/h4-5,8H,1-3,6-7,9H2,(H,17,20). The molecule has 1 aliphatic heterocycles. The van der Waals surface area contributed by atoms with Crippen molar-refractivity contribution in [3.63, 3.8) is 0 Å². The van der Waals surface area contributed by atoms with Gasteiger partial charge in [-0.25, -0.2) is 9.78 Å². The third kappa shape index (κ3) is 2.26. The molecule has 6 heteroatoms. The second-order valence-corrected chi connectivity index (χ2v) is 5.84. The van der Waals surface area contributed by atoms with E-state index >= 15 is 0 Å². The van der Waals surface area contributed by atoms with E-state index in [0.29, 0.717) is 5.15 Å². The van der Waals surface area contributed by atoms with Gasteiger partial charge in [0.2, 0.25) is 0 Å². The molecule has 0 atom stereocenters. The van der Waals surface area contributed by atoms with Crippen LogP contribution in [0, 0.1) is 0 Å². The Morgan fingerprint density at radius 1 is 1.25 bits per heavy atom. The summed E-state index contributed by atoms with van der Waals surface area (Å²) in [5.41, 5.74) is 0.139. The average Bonchev–Trinajstić information content (AvgIpc) is 2.67. The highest BCUT2D eigenvalue weighted by molar-refractivity contribution is 6.29. The Labute approximate surface area is 122 Å². The molecule has 0 unspecified atom stereocenters. The van der Waals surface area contributed by atoms with E-state index in [1.807, 2.05) is 0 Å². The fourth-order valence-electron chi connectivity index (χ4n) is 3.00. The number of hydrogen-bond donors (Lipinski definition) is 1. The molecule has 1 aromatic heterocycles. The van der Waals surface area contributed by atoms with Gasteiger partial charge in [-0.1, -0.05) is 36.9 Å². The smallest absolute Gasteiger partial charge is 0.323 e. The molecule has 1 aliphatic carbocycles. The zero-order valence-corrected chi connectivity index (χ0v) is 11.8. The molecular formula is C14H16ClN3O2. The van der Waals surface area contributed by atoms with Crippen LogP contribution in [0.1, 0.15) is 37.7 Å². The number of hydrogen-bond acceptors (Lipinski definition) is 3. The predicted octanol–water partition coefficient (Wildman–Crippen LogP) is 2.49. The molecule has 1 aromatic rings. The van der Waals surface area contributed by atoms with Crippen LogP contribution < -0.4 is 5.32 Å². The molecule has 2 aliphatic rings. The molecule has 0 bridgehead atoms. The lowest BCUT2D eigenvalue weighted by atomic mass is 9.82. The summed E-state index contributed by atoms with van der Waals surface area (Å²) in [6.07, 6.45) is 6.19. The summed E-state index contributed by atoms with van der Waals surface area (Å²) in [5.74, 6) is -0.0999. The van der Waals surface area contributed by atoms with Gasteiger partial charge in [0.15, 0.2) is 0 Å². The Morgan fingerprint density at radius 3 is 2.65 bits per heavy atom. The maximum atomic E-state index is 12.6. The first-order valence-corrected chi connectivity index (χ1v) is 7.23. The van der Waals surface area contributed by atoms with Gasteiger partial charge in [0.25, 0.3) is 5.91 Å². The van der Waals surface area contributed by atoms with E-state index in [-0.39, 0.29) is 18.5 Å². The third-order valence-corrected chi connectivity index (χ3v) is 4.31. The maximum Gasteiger partial charge on any atom is 0.325 e. The molecular weight excluding hydrogens is 278 g/mol. The number of nitrogens with one attached hydrogen (secondary N) is 1. The summed E-state index contributed by atoms with van der Waals surface area (Å²) in [6.45, 7) is 0.247. The SMILES string of the molecule is O=C1NC2(CCCCC2)C(=O)N1Cc1ccc(Cl)nc1. The van der Waals surface area contributed by atoms with Crippen LogP contribution in [0.5, 0.6) is 0 Å². The highest BCUT2D eigenvalue weighted by Gasteiger charge is 2.51. The molecule has 20 heavy (non-hydrogen) atoms. The van der Waals surface area contributed by atoms with Crippen LogP contribution in [0.3, 0.4) is 0 Å². The van der Waals surface area contributed by atoms with Gasteiger partial charge in [-0.3, -0.25) is 9.69 Å². The van der Waals surface area contributed by atoms with E-state index in [0.717, 1.165) is 37.7 Å². The zero-order valence-electron chi connectivity index (χ0n) is 11.1. The van der Waals surface area contributed by atoms with Gasteiger partial charge in [0.1, 0.15) is 10.7 Å². The van der Waals surface area contributed by atoms with E-state index in [1.165, 1.54) is 4.90 Å². The van der Waals surface area contributed by atoms with Gasteiger partial charge < -0.3 is 5.32 Å². The van der Waals surface area contributed by atoms with Gasteiger partial charge in [-0.05, 0) is 24.5 Å². The first-order valence-electron chi connectivity index (χ1n) is 6.85. The fraction of sp³-hybridized carbons (Fsp3) is 0.500. The molecule has 1 spiro atoms. The molecule has 0 aromatic carbocycles. The number of aromatic nitrogens is 1. The lowest BCUT2D eigenvalue weighted by molar-refractivity contribution is -0.132. The zero-order chi connectivity index (χ0) is 14.2. The van der Waals surface area contributed by atoms with E-state index in [9.17, 15) is 9.59 Å². The number of nitrogens with zero attached hydrogens (tertiary/aromatic N) is 2. The minimum absolute atomic E-state index is 0.0999. The van der Waals surface area contributed by atoms with Crippen LogP contribution in [0.4, 0.5) is 4.79 Å². The average molecular weight is 294 g/mol. The van der Waals surface area contributed by atoms with Crippen molar-refractivity contribution in [3.05, 3.63) is 29.0 Å². The van der Waals surface area contributed by atoms with E-state index in [1.54, 1.807) is 18.3 Å². The number of rotatable bonds is 2. The number of imide groups is 1. The lowest BCUT2D eigenvalue weighted by Gasteiger charge is -2.30. The van der Waals surface area contributed by atoms with E-state index < -0.39 is 5.54 Å². The second kappa shape index (κ2) is 5.05. The summed E-state index contributed by atoms with van der Waals surface area (Å²) >= 11 is 5.73. The van der Waals surface area contributed by atoms with Crippen molar-refractivity contribution in [2.24, 2.45) is 0 Å². The Hall–Kier alpha value is -1.62. The number of pyridine rings is 1. The van der Waals surface area contributed by atoms with Crippen LogP contribution in [0.2, 0.25) is 5.15 Å². The monoisotopic (exact) mass is 293 g/mol. The molecule has 0 radical (unpaired) electrons. The largest absolute Gasteiger partial charge is 0.325 e. The number of carbonyl (C=O) groups is 2. The Morgan fingerprint density at radius 2 is 2.00 bits per heavy atom. The molecule has 1 N–H and O–H groups in total. The number of amides is 3. The molecule has 3 rings (SSSR count). The first kappa shape index (κ1) is 13.4. The fourth-order valence-corrected chi connectivity index (χ4v) is 3.11. The second-order valence-electron chi connectivity index (χ2n) is 5.45. The van der Waals surface area contributed by atoms with Gasteiger partial charge in [0.05, 0.1) is 6.54 Å².